The predicted octanol–water partition coefficient (Wildman–Crippen LogP) is 3.00. The number of aryl methyl sites for hydroxylation is 1. The summed E-state index contributed by atoms with van der Waals surface area (Å²) in [7, 11) is 0. The number of Topliss-reactive ketones (excluding diaryl/α,β-unsaturated/α-hetero) is 1. The van der Waals surface area contributed by atoms with Crippen LogP contribution in [-0.4, -0.2) is 10.8 Å². The Bertz CT molecular complexity index is 328. The molecule has 0 radical (unpaired) electrons. The van der Waals surface area contributed by atoms with Gasteiger partial charge in [0.1, 0.15) is 10.8 Å². The zero-order chi connectivity index (χ0) is 10.8. The number of carbonyl (C=O) groups excluding carboxylic acids is 1. The van der Waals surface area contributed by atoms with Crippen molar-refractivity contribution in [3.8, 4) is 0 Å². The largest absolute Gasteiger partial charge is 0.299 e. The summed E-state index contributed by atoms with van der Waals surface area (Å²) in [5, 5.41) is 2.93. The van der Waals surface area contributed by atoms with E-state index in [0.717, 1.165) is 17.1 Å². The smallest absolute Gasteiger partial charge is 0.145 e. The van der Waals surface area contributed by atoms with Gasteiger partial charge in [0.05, 0.1) is 6.42 Å². The van der Waals surface area contributed by atoms with E-state index in [-0.39, 0.29) is 11.2 Å². The molecule has 0 unspecified atom stereocenters. The minimum Gasteiger partial charge on any atom is -0.299 e. The van der Waals surface area contributed by atoms with Crippen molar-refractivity contribution in [1.82, 2.24) is 4.98 Å². The van der Waals surface area contributed by atoms with Crippen molar-refractivity contribution in [1.29, 1.82) is 0 Å². The van der Waals surface area contributed by atoms with Crippen LogP contribution in [0.3, 0.4) is 0 Å². The van der Waals surface area contributed by atoms with Crippen molar-refractivity contribution in [2.24, 2.45) is 5.41 Å². The highest BCUT2D eigenvalue weighted by molar-refractivity contribution is 7.09. The van der Waals surface area contributed by atoms with Crippen molar-refractivity contribution in [2.75, 3.05) is 0 Å². The summed E-state index contributed by atoms with van der Waals surface area (Å²) in [4.78, 5) is 16.1. The molecule has 1 heterocycles. The Labute approximate surface area is 89.4 Å². The fourth-order valence-electron chi connectivity index (χ4n) is 1.06. The second-order valence-electron chi connectivity index (χ2n) is 4.22. The minimum atomic E-state index is -0.209. The number of hydrogen-bond acceptors (Lipinski definition) is 3. The van der Waals surface area contributed by atoms with Crippen molar-refractivity contribution in [3.05, 3.63) is 16.1 Å². The third-order valence-electron chi connectivity index (χ3n) is 2.62. The second kappa shape index (κ2) is 4.22. The Balaban J connectivity index is 2.66. The third-order valence-corrected chi connectivity index (χ3v) is 3.58. The van der Waals surface area contributed by atoms with Gasteiger partial charge < -0.3 is 0 Å². The van der Waals surface area contributed by atoms with Crippen LogP contribution in [0.15, 0.2) is 5.38 Å². The summed E-state index contributed by atoms with van der Waals surface area (Å²) < 4.78 is 0. The molecule has 0 atom stereocenters. The van der Waals surface area contributed by atoms with Gasteiger partial charge in [-0.15, -0.1) is 11.3 Å². The van der Waals surface area contributed by atoms with Gasteiger partial charge in [-0.2, -0.15) is 0 Å². The first-order chi connectivity index (χ1) is 6.45. The van der Waals surface area contributed by atoms with Crippen LogP contribution in [0.25, 0.3) is 0 Å². The standard InChI is InChI=1S/C11H17NOS/c1-5-11(3,4)9(13)6-10-12-8(2)7-14-10/h7H,5-6H2,1-4H3. The first-order valence-corrected chi connectivity index (χ1v) is 5.78. The van der Waals surface area contributed by atoms with E-state index in [4.69, 9.17) is 0 Å². The molecule has 0 saturated heterocycles. The van der Waals surface area contributed by atoms with Gasteiger partial charge in [-0.3, -0.25) is 4.79 Å². The van der Waals surface area contributed by atoms with Crippen LogP contribution in [0.2, 0.25) is 0 Å². The van der Waals surface area contributed by atoms with Crippen molar-refractivity contribution < 1.29 is 4.79 Å². The molecule has 0 amide bonds. The van der Waals surface area contributed by atoms with Gasteiger partial charge in [-0.1, -0.05) is 20.8 Å². The van der Waals surface area contributed by atoms with E-state index >= 15 is 0 Å². The fourth-order valence-corrected chi connectivity index (χ4v) is 1.83. The molecule has 14 heavy (non-hydrogen) atoms. The Morgan fingerprint density at radius 2 is 2.21 bits per heavy atom. The van der Waals surface area contributed by atoms with Crippen LogP contribution in [0.1, 0.15) is 37.9 Å². The molecular formula is C11H17NOS. The van der Waals surface area contributed by atoms with Gasteiger partial charge in [0, 0.05) is 16.5 Å². The molecule has 0 aliphatic carbocycles. The van der Waals surface area contributed by atoms with Gasteiger partial charge in [-0.05, 0) is 13.3 Å². The van der Waals surface area contributed by atoms with Crippen LogP contribution in [0, 0.1) is 12.3 Å². The Morgan fingerprint density at radius 3 is 2.64 bits per heavy atom. The number of rotatable bonds is 4. The average molecular weight is 211 g/mol. The Kier molecular flexibility index (Phi) is 3.43. The summed E-state index contributed by atoms with van der Waals surface area (Å²) in [6, 6.07) is 0. The maximum atomic E-state index is 11.8. The minimum absolute atomic E-state index is 0.209. The van der Waals surface area contributed by atoms with Crippen molar-refractivity contribution in [3.63, 3.8) is 0 Å². The van der Waals surface area contributed by atoms with Crippen LogP contribution < -0.4 is 0 Å². The molecule has 0 aliphatic heterocycles. The summed E-state index contributed by atoms with van der Waals surface area (Å²) >= 11 is 1.57. The molecule has 78 valence electrons. The Morgan fingerprint density at radius 1 is 1.57 bits per heavy atom. The summed E-state index contributed by atoms with van der Waals surface area (Å²) in [5.74, 6) is 0.286. The summed E-state index contributed by atoms with van der Waals surface area (Å²) in [6.45, 7) is 7.99. The van der Waals surface area contributed by atoms with Gasteiger partial charge >= 0.3 is 0 Å². The van der Waals surface area contributed by atoms with E-state index in [0.29, 0.717) is 6.42 Å². The molecule has 0 bridgehead atoms. The lowest BCUT2D eigenvalue weighted by atomic mass is 9.84. The molecule has 0 fully saturated rings. The van der Waals surface area contributed by atoms with Crippen LogP contribution in [0.5, 0.6) is 0 Å². The molecule has 0 saturated carbocycles. The second-order valence-corrected chi connectivity index (χ2v) is 5.16. The molecule has 3 heteroatoms. The van der Waals surface area contributed by atoms with E-state index in [9.17, 15) is 4.79 Å². The van der Waals surface area contributed by atoms with E-state index in [1.807, 2.05) is 33.1 Å². The van der Waals surface area contributed by atoms with Gasteiger partial charge in [0.25, 0.3) is 0 Å². The lowest BCUT2D eigenvalue weighted by Crippen LogP contribution is -2.24. The molecule has 1 rings (SSSR count). The van der Waals surface area contributed by atoms with Crippen molar-refractivity contribution >= 4 is 17.1 Å². The molecule has 1 aromatic rings. The number of aromatic nitrogens is 1. The molecule has 0 aromatic carbocycles. The molecule has 0 aliphatic rings. The van der Waals surface area contributed by atoms with Crippen LogP contribution in [-0.2, 0) is 11.2 Å². The normalized spacial score (nSPS) is 11.7. The molecule has 1 aromatic heterocycles. The van der Waals surface area contributed by atoms with Crippen LogP contribution >= 0.6 is 11.3 Å². The van der Waals surface area contributed by atoms with Gasteiger partial charge in [0.15, 0.2) is 0 Å². The van der Waals surface area contributed by atoms with Gasteiger partial charge in [0.2, 0.25) is 0 Å². The number of thiazole rings is 1. The zero-order valence-electron chi connectivity index (χ0n) is 9.26. The quantitative estimate of drug-likeness (QED) is 0.766. The third kappa shape index (κ3) is 2.64. The van der Waals surface area contributed by atoms with E-state index in [1.54, 1.807) is 11.3 Å². The fraction of sp³-hybridized carbons (Fsp3) is 0.636. The molecule has 2 nitrogen and oxygen atoms in total. The topological polar surface area (TPSA) is 30.0 Å². The monoisotopic (exact) mass is 211 g/mol. The highest BCUT2D eigenvalue weighted by Gasteiger charge is 2.25. The molecule has 0 N–H and O–H groups in total. The summed E-state index contributed by atoms with van der Waals surface area (Å²) in [5.41, 5.74) is 0.798. The summed E-state index contributed by atoms with van der Waals surface area (Å²) in [6.07, 6.45) is 1.37. The number of hydrogen-bond donors (Lipinski definition) is 0. The lowest BCUT2D eigenvalue weighted by Gasteiger charge is -2.19. The Hall–Kier alpha value is -0.700. The van der Waals surface area contributed by atoms with E-state index < -0.39 is 0 Å². The zero-order valence-corrected chi connectivity index (χ0v) is 10.1. The number of carbonyl (C=O) groups is 1. The average Bonchev–Trinajstić information content (AvgIpc) is 2.51. The highest BCUT2D eigenvalue weighted by atomic mass is 32.1. The van der Waals surface area contributed by atoms with Gasteiger partial charge in [-0.25, -0.2) is 4.98 Å². The predicted molar refractivity (Wildman–Crippen MR) is 59.6 cm³/mol. The molecular weight excluding hydrogens is 194 g/mol. The van der Waals surface area contributed by atoms with E-state index in [2.05, 4.69) is 4.98 Å². The number of nitrogens with zero attached hydrogens (tertiary/aromatic N) is 1. The first-order valence-electron chi connectivity index (χ1n) is 4.90. The SMILES string of the molecule is CCC(C)(C)C(=O)Cc1nc(C)cs1. The first kappa shape index (κ1) is 11.4. The van der Waals surface area contributed by atoms with Crippen molar-refractivity contribution in [2.45, 2.75) is 40.5 Å². The van der Waals surface area contributed by atoms with Crippen LogP contribution in [0.4, 0.5) is 0 Å². The maximum absolute atomic E-state index is 11.8. The highest BCUT2D eigenvalue weighted by Crippen LogP contribution is 2.23. The maximum Gasteiger partial charge on any atom is 0.145 e. The van der Waals surface area contributed by atoms with E-state index in [1.165, 1.54) is 0 Å². The lowest BCUT2D eigenvalue weighted by molar-refractivity contribution is -0.126. The number of ketones is 1. The molecule has 0 spiro atoms.